The quantitative estimate of drug-likeness (QED) is 0.481. The van der Waals surface area contributed by atoms with Crippen LogP contribution in [0.1, 0.15) is 59.8 Å². The van der Waals surface area contributed by atoms with Gasteiger partial charge in [-0.2, -0.15) is 0 Å². The van der Waals surface area contributed by atoms with E-state index in [4.69, 9.17) is 0 Å². The second kappa shape index (κ2) is 5.65. The minimum atomic E-state index is 0.293. The lowest BCUT2D eigenvalue weighted by Crippen LogP contribution is -2.21. The van der Waals surface area contributed by atoms with E-state index in [2.05, 4.69) is 33.8 Å². The Morgan fingerprint density at radius 1 is 1.50 bits per heavy atom. The number of carbonyl (C=O) groups excluding carboxylic acids is 1. The van der Waals surface area contributed by atoms with Crippen molar-refractivity contribution in [3.8, 4) is 0 Å². The van der Waals surface area contributed by atoms with Gasteiger partial charge < -0.3 is 4.79 Å². The van der Waals surface area contributed by atoms with E-state index >= 15 is 0 Å². The van der Waals surface area contributed by atoms with Crippen molar-refractivity contribution in [1.82, 2.24) is 0 Å². The molecule has 16 heavy (non-hydrogen) atoms. The molecule has 0 N–H and O–H groups in total. The largest absolute Gasteiger partial charge is 0.303 e. The second-order valence-corrected chi connectivity index (χ2v) is 5.80. The molecule has 2 unspecified atom stereocenters. The summed E-state index contributed by atoms with van der Waals surface area (Å²) in [6.45, 7) is 9.07. The van der Waals surface area contributed by atoms with Gasteiger partial charge in [-0.15, -0.1) is 0 Å². The fraction of sp³-hybridized carbons (Fsp3) is 0.800. The third kappa shape index (κ3) is 2.96. The van der Waals surface area contributed by atoms with Gasteiger partial charge in [0.15, 0.2) is 0 Å². The summed E-state index contributed by atoms with van der Waals surface area (Å²) in [5.74, 6) is 1.04. The number of allylic oxidation sites excluding steroid dienone is 2. The van der Waals surface area contributed by atoms with E-state index in [1.54, 1.807) is 0 Å². The van der Waals surface area contributed by atoms with Crippen LogP contribution < -0.4 is 0 Å². The second-order valence-electron chi connectivity index (χ2n) is 5.80. The highest BCUT2D eigenvalue weighted by Gasteiger charge is 2.34. The molecule has 0 bridgehead atoms. The number of hydrogen-bond acceptors (Lipinski definition) is 1. The lowest BCUT2D eigenvalue weighted by atomic mass is 9.74. The van der Waals surface area contributed by atoms with Crippen LogP contribution in [-0.4, -0.2) is 6.29 Å². The first-order chi connectivity index (χ1) is 7.52. The third-order valence-electron chi connectivity index (χ3n) is 4.48. The molecule has 0 heterocycles. The highest BCUT2D eigenvalue weighted by molar-refractivity contribution is 5.53. The SMILES string of the molecule is CCCC(C=O)CCC1CC=C(C)C1(C)C. The fourth-order valence-electron chi connectivity index (χ4n) is 2.74. The summed E-state index contributed by atoms with van der Waals surface area (Å²) in [6, 6.07) is 0. The molecule has 1 heteroatoms. The first-order valence-corrected chi connectivity index (χ1v) is 6.64. The smallest absolute Gasteiger partial charge is 0.123 e. The topological polar surface area (TPSA) is 17.1 Å². The molecule has 0 amide bonds. The van der Waals surface area contributed by atoms with Gasteiger partial charge in [-0.05, 0) is 43.9 Å². The molecule has 0 aliphatic heterocycles. The summed E-state index contributed by atoms with van der Waals surface area (Å²) in [6.07, 6.45) is 9.19. The molecule has 0 aromatic carbocycles. The van der Waals surface area contributed by atoms with Gasteiger partial charge in [-0.3, -0.25) is 0 Å². The normalized spacial score (nSPS) is 25.2. The van der Waals surface area contributed by atoms with Crippen LogP contribution >= 0.6 is 0 Å². The van der Waals surface area contributed by atoms with E-state index in [1.807, 2.05) is 0 Å². The van der Waals surface area contributed by atoms with Gasteiger partial charge in [0.05, 0.1) is 0 Å². The minimum Gasteiger partial charge on any atom is -0.303 e. The summed E-state index contributed by atoms with van der Waals surface area (Å²) < 4.78 is 0. The molecular formula is C15H26O. The molecule has 0 fully saturated rings. The van der Waals surface area contributed by atoms with Gasteiger partial charge in [0.2, 0.25) is 0 Å². The van der Waals surface area contributed by atoms with Crippen LogP contribution in [0.2, 0.25) is 0 Å². The van der Waals surface area contributed by atoms with Crippen LogP contribution in [0.4, 0.5) is 0 Å². The molecular weight excluding hydrogens is 196 g/mol. The van der Waals surface area contributed by atoms with Crippen molar-refractivity contribution >= 4 is 6.29 Å². The molecule has 0 radical (unpaired) electrons. The molecule has 0 spiro atoms. The number of hydrogen-bond donors (Lipinski definition) is 0. The van der Waals surface area contributed by atoms with Crippen LogP contribution in [0.5, 0.6) is 0 Å². The van der Waals surface area contributed by atoms with Gasteiger partial charge in [-0.25, -0.2) is 0 Å². The van der Waals surface area contributed by atoms with Crippen LogP contribution in [0.3, 0.4) is 0 Å². The van der Waals surface area contributed by atoms with Crippen molar-refractivity contribution in [1.29, 1.82) is 0 Å². The van der Waals surface area contributed by atoms with Gasteiger partial charge in [0.1, 0.15) is 6.29 Å². The van der Waals surface area contributed by atoms with Crippen LogP contribution in [0.25, 0.3) is 0 Å². The zero-order valence-electron chi connectivity index (χ0n) is 11.3. The average Bonchev–Trinajstić information content (AvgIpc) is 2.50. The van der Waals surface area contributed by atoms with Gasteiger partial charge in [0, 0.05) is 5.92 Å². The molecule has 0 aromatic rings. The number of aldehydes is 1. The zero-order chi connectivity index (χ0) is 12.2. The van der Waals surface area contributed by atoms with E-state index < -0.39 is 0 Å². The summed E-state index contributed by atoms with van der Waals surface area (Å²) in [4.78, 5) is 10.9. The van der Waals surface area contributed by atoms with E-state index in [0.29, 0.717) is 11.3 Å². The van der Waals surface area contributed by atoms with Crippen LogP contribution in [0.15, 0.2) is 11.6 Å². The van der Waals surface area contributed by atoms with Crippen LogP contribution in [0, 0.1) is 17.3 Å². The Hall–Kier alpha value is -0.590. The third-order valence-corrected chi connectivity index (χ3v) is 4.48. The van der Waals surface area contributed by atoms with E-state index in [1.165, 1.54) is 18.4 Å². The van der Waals surface area contributed by atoms with Crippen molar-refractivity contribution < 1.29 is 4.79 Å². The molecule has 92 valence electrons. The molecule has 1 aliphatic rings. The van der Waals surface area contributed by atoms with Crippen molar-refractivity contribution in [3.63, 3.8) is 0 Å². The van der Waals surface area contributed by atoms with Crippen molar-refractivity contribution in [2.45, 2.75) is 59.8 Å². The average molecular weight is 222 g/mol. The lowest BCUT2D eigenvalue weighted by Gasteiger charge is -2.30. The minimum absolute atomic E-state index is 0.293. The van der Waals surface area contributed by atoms with E-state index in [-0.39, 0.29) is 0 Å². The maximum atomic E-state index is 10.9. The molecule has 1 aliphatic carbocycles. The molecule has 0 saturated carbocycles. The summed E-state index contributed by atoms with van der Waals surface area (Å²) in [5, 5.41) is 0. The maximum Gasteiger partial charge on any atom is 0.123 e. The Morgan fingerprint density at radius 3 is 2.62 bits per heavy atom. The Labute approximate surface area is 100 Å². The number of rotatable bonds is 6. The Bertz CT molecular complexity index is 263. The predicted molar refractivity (Wildman–Crippen MR) is 69.3 cm³/mol. The van der Waals surface area contributed by atoms with Gasteiger partial charge in [0.25, 0.3) is 0 Å². The van der Waals surface area contributed by atoms with Gasteiger partial charge >= 0.3 is 0 Å². The van der Waals surface area contributed by atoms with Crippen LogP contribution in [-0.2, 0) is 4.79 Å². The summed E-state index contributed by atoms with van der Waals surface area (Å²) in [7, 11) is 0. The molecule has 1 nitrogen and oxygen atoms in total. The first-order valence-electron chi connectivity index (χ1n) is 6.64. The maximum absolute atomic E-state index is 10.9. The fourth-order valence-corrected chi connectivity index (χ4v) is 2.74. The Morgan fingerprint density at radius 2 is 2.19 bits per heavy atom. The van der Waals surface area contributed by atoms with E-state index in [9.17, 15) is 4.79 Å². The number of carbonyl (C=O) groups is 1. The Kier molecular flexibility index (Phi) is 4.76. The molecule has 0 saturated heterocycles. The van der Waals surface area contributed by atoms with E-state index in [0.717, 1.165) is 31.5 Å². The highest BCUT2D eigenvalue weighted by Crippen LogP contribution is 2.45. The van der Waals surface area contributed by atoms with Crippen molar-refractivity contribution in [3.05, 3.63) is 11.6 Å². The zero-order valence-corrected chi connectivity index (χ0v) is 11.3. The lowest BCUT2D eigenvalue weighted by molar-refractivity contribution is -0.111. The summed E-state index contributed by atoms with van der Waals surface area (Å²) >= 11 is 0. The van der Waals surface area contributed by atoms with Crippen molar-refractivity contribution in [2.24, 2.45) is 17.3 Å². The standard InChI is InChI=1S/C15H26O/c1-5-6-13(11-16)8-10-14-9-7-12(2)15(14,3)4/h7,11,13-14H,5-6,8-10H2,1-4H3. The molecule has 2 atom stereocenters. The Balaban J connectivity index is 2.42. The predicted octanol–water partition coefficient (Wildman–Crippen LogP) is 4.37. The molecule has 1 rings (SSSR count). The van der Waals surface area contributed by atoms with Gasteiger partial charge in [-0.1, -0.05) is 38.8 Å². The highest BCUT2D eigenvalue weighted by atomic mass is 16.1. The monoisotopic (exact) mass is 222 g/mol. The first kappa shape index (κ1) is 13.5. The van der Waals surface area contributed by atoms with Crippen molar-refractivity contribution in [2.75, 3.05) is 0 Å². The molecule has 0 aromatic heterocycles. The summed E-state index contributed by atoms with van der Waals surface area (Å²) in [5.41, 5.74) is 1.87.